The number of ether oxygens (including phenoxy) is 1. The highest BCUT2D eigenvalue weighted by molar-refractivity contribution is 5.98. The minimum atomic E-state index is -1.27. The van der Waals surface area contributed by atoms with Crippen LogP contribution in [0, 0.1) is 18.6 Å². The number of halogens is 2. The van der Waals surface area contributed by atoms with Gasteiger partial charge in [0.25, 0.3) is 11.5 Å². The number of benzene rings is 2. The van der Waals surface area contributed by atoms with Crippen LogP contribution in [0.2, 0.25) is 0 Å². The number of anilines is 1. The average Bonchev–Trinajstić information content (AvgIpc) is 2.71. The first-order valence-corrected chi connectivity index (χ1v) is 9.19. The molecule has 0 aliphatic carbocycles. The predicted molar refractivity (Wildman–Crippen MR) is 106 cm³/mol. The van der Waals surface area contributed by atoms with Crippen LogP contribution < -0.4 is 10.9 Å². The van der Waals surface area contributed by atoms with Gasteiger partial charge in [-0.1, -0.05) is 0 Å². The highest BCUT2D eigenvalue weighted by atomic mass is 19.1. The number of rotatable bonds is 5. The number of hydrogen-bond donors (Lipinski definition) is 1. The summed E-state index contributed by atoms with van der Waals surface area (Å²) in [5.74, 6) is -3.16. The summed E-state index contributed by atoms with van der Waals surface area (Å²) in [4.78, 5) is 41.0. The molecule has 156 valence electrons. The van der Waals surface area contributed by atoms with Gasteiger partial charge in [-0.25, -0.2) is 18.6 Å². The van der Waals surface area contributed by atoms with E-state index in [1.165, 1.54) is 23.6 Å². The maximum atomic E-state index is 13.7. The van der Waals surface area contributed by atoms with Crippen molar-refractivity contribution in [3.05, 3.63) is 69.6 Å². The van der Waals surface area contributed by atoms with Crippen LogP contribution in [0.15, 0.2) is 41.2 Å². The van der Waals surface area contributed by atoms with Gasteiger partial charge in [0.05, 0.1) is 22.3 Å². The van der Waals surface area contributed by atoms with E-state index in [-0.39, 0.29) is 16.8 Å². The average molecular weight is 415 g/mol. The number of nitrogens with zero attached hydrogens (tertiary/aromatic N) is 2. The first kappa shape index (κ1) is 21.1. The van der Waals surface area contributed by atoms with Crippen LogP contribution in [0.4, 0.5) is 14.5 Å². The minimum Gasteiger partial charge on any atom is -0.449 e. The number of esters is 1. The van der Waals surface area contributed by atoms with Gasteiger partial charge >= 0.3 is 5.97 Å². The number of amides is 1. The van der Waals surface area contributed by atoms with Crippen molar-refractivity contribution in [3.63, 3.8) is 0 Å². The third-order valence-corrected chi connectivity index (χ3v) is 4.50. The molecule has 1 amide bonds. The normalized spacial score (nSPS) is 11.9. The molecule has 0 saturated heterocycles. The second-order valence-corrected chi connectivity index (χ2v) is 6.61. The second kappa shape index (κ2) is 8.40. The predicted octanol–water partition coefficient (Wildman–Crippen LogP) is 3.19. The summed E-state index contributed by atoms with van der Waals surface area (Å²) in [6, 6.07) is 7.13. The van der Waals surface area contributed by atoms with Crippen molar-refractivity contribution in [2.24, 2.45) is 0 Å². The van der Waals surface area contributed by atoms with E-state index >= 15 is 0 Å². The second-order valence-electron chi connectivity index (χ2n) is 6.61. The number of aryl methyl sites for hydroxylation is 2. The van der Waals surface area contributed by atoms with Gasteiger partial charge in [0.2, 0.25) is 0 Å². The van der Waals surface area contributed by atoms with Gasteiger partial charge in [-0.15, -0.1) is 0 Å². The molecule has 0 fully saturated rings. The molecule has 1 atom stereocenters. The van der Waals surface area contributed by atoms with E-state index in [0.717, 1.165) is 18.2 Å². The summed E-state index contributed by atoms with van der Waals surface area (Å²) in [6.45, 7) is 5.15. The Bertz CT molecular complexity index is 1210. The van der Waals surface area contributed by atoms with Crippen molar-refractivity contribution in [2.45, 2.75) is 33.4 Å². The van der Waals surface area contributed by atoms with E-state index in [1.807, 2.05) is 6.92 Å². The van der Waals surface area contributed by atoms with Gasteiger partial charge in [-0.3, -0.25) is 9.59 Å². The maximum Gasteiger partial charge on any atom is 0.338 e. The summed E-state index contributed by atoms with van der Waals surface area (Å²) in [6.07, 6.45) is -1.27. The summed E-state index contributed by atoms with van der Waals surface area (Å²) < 4.78 is 33.6. The molecule has 0 spiro atoms. The molecule has 0 aliphatic heterocycles. The molecule has 0 radical (unpaired) electrons. The fourth-order valence-corrected chi connectivity index (χ4v) is 2.93. The van der Waals surface area contributed by atoms with Gasteiger partial charge in [0, 0.05) is 12.6 Å². The van der Waals surface area contributed by atoms with Gasteiger partial charge in [0.1, 0.15) is 17.3 Å². The summed E-state index contributed by atoms with van der Waals surface area (Å²) in [7, 11) is 0. The van der Waals surface area contributed by atoms with Crippen molar-refractivity contribution < 1.29 is 23.1 Å². The smallest absolute Gasteiger partial charge is 0.338 e. The lowest BCUT2D eigenvalue weighted by Gasteiger charge is -2.14. The number of aromatic nitrogens is 2. The van der Waals surface area contributed by atoms with Crippen molar-refractivity contribution in [1.29, 1.82) is 0 Å². The summed E-state index contributed by atoms with van der Waals surface area (Å²) >= 11 is 0. The molecule has 0 bridgehead atoms. The van der Waals surface area contributed by atoms with E-state index in [0.29, 0.717) is 23.3 Å². The zero-order valence-corrected chi connectivity index (χ0v) is 16.5. The Morgan fingerprint density at radius 3 is 2.63 bits per heavy atom. The number of fused-ring (bicyclic) bond motifs is 1. The number of carbonyl (C=O) groups is 2. The Balaban J connectivity index is 1.78. The summed E-state index contributed by atoms with van der Waals surface area (Å²) in [5.41, 5.74) is 0.854. The number of hydrogen-bond acceptors (Lipinski definition) is 5. The Kier molecular flexibility index (Phi) is 5.91. The van der Waals surface area contributed by atoms with E-state index in [9.17, 15) is 23.2 Å². The minimum absolute atomic E-state index is 0.132. The largest absolute Gasteiger partial charge is 0.449 e. The molecular weight excluding hydrogens is 396 g/mol. The monoisotopic (exact) mass is 415 g/mol. The third kappa shape index (κ3) is 4.19. The molecule has 7 nitrogen and oxygen atoms in total. The van der Waals surface area contributed by atoms with Gasteiger partial charge in [-0.2, -0.15) is 0 Å². The zero-order valence-electron chi connectivity index (χ0n) is 16.5. The molecule has 0 aliphatic rings. The Morgan fingerprint density at radius 1 is 1.20 bits per heavy atom. The van der Waals surface area contributed by atoms with Crippen LogP contribution in [-0.4, -0.2) is 27.5 Å². The Labute approximate surface area is 170 Å². The number of nitrogens with one attached hydrogen (secondary N) is 1. The fourth-order valence-electron chi connectivity index (χ4n) is 2.93. The molecule has 1 heterocycles. The van der Waals surface area contributed by atoms with Crippen LogP contribution in [0.1, 0.15) is 29.9 Å². The maximum absolute atomic E-state index is 13.7. The molecule has 3 rings (SSSR count). The van der Waals surface area contributed by atoms with Gasteiger partial charge in [0.15, 0.2) is 6.10 Å². The molecule has 30 heavy (non-hydrogen) atoms. The van der Waals surface area contributed by atoms with Crippen LogP contribution in [0.3, 0.4) is 0 Å². The number of carbonyl (C=O) groups excluding carboxylic acids is 2. The van der Waals surface area contributed by atoms with Crippen LogP contribution in [0.25, 0.3) is 11.0 Å². The third-order valence-electron chi connectivity index (χ3n) is 4.50. The topological polar surface area (TPSA) is 90.3 Å². The highest BCUT2D eigenvalue weighted by Gasteiger charge is 2.21. The molecule has 1 aromatic heterocycles. The Hall–Kier alpha value is -3.62. The highest BCUT2D eigenvalue weighted by Crippen LogP contribution is 2.17. The van der Waals surface area contributed by atoms with Crippen molar-refractivity contribution >= 4 is 28.6 Å². The molecule has 0 saturated carbocycles. The SMILES string of the molecule is CCn1c(=O)c(C)nc2cc(C(=O)O[C@H](C)C(=O)Nc3cc(F)ccc3F)ccc21. The van der Waals surface area contributed by atoms with E-state index in [1.54, 1.807) is 13.0 Å². The van der Waals surface area contributed by atoms with E-state index < -0.39 is 29.6 Å². The first-order valence-electron chi connectivity index (χ1n) is 9.19. The zero-order chi connectivity index (χ0) is 22.0. The lowest BCUT2D eigenvalue weighted by Crippen LogP contribution is -2.30. The van der Waals surface area contributed by atoms with Crippen LogP contribution >= 0.6 is 0 Å². The first-order chi connectivity index (χ1) is 14.2. The lowest BCUT2D eigenvalue weighted by molar-refractivity contribution is -0.123. The molecule has 0 unspecified atom stereocenters. The van der Waals surface area contributed by atoms with Crippen LogP contribution in [0.5, 0.6) is 0 Å². The Morgan fingerprint density at radius 2 is 1.93 bits per heavy atom. The molecule has 1 N–H and O–H groups in total. The molecule has 9 heteroatoms. The molecule has 2 aromatic carbocycles. The lowest BCUT2D eigenvalue weighted by atomic mass is 10.2. The molecular formula is C21H19F2N3O4. The van der Waals surface area contributed by atoms with Gasteiger partial charge in [-0.05, 0) is 51.1 Å². The van der Waals surface area contributed by atoms with Gasteiger partial charge < -0.3 is 14.6 Å². The molecule has 3 aromatic rings. The standard InChI is InChI=1S/C21H19F2N3O4/c1-4-26-18-8-5-13(9-17(18)24-11(2)20(26)28)21(29)30-12(3)19(27)25-16-10-14(22)6-7-15(16)23/h5-10,12H,4H2,1-3H3,(H,25,27)/t12-/m1/s1. The fraction of sp³-hybridized carbons (Fsp3) is 0.238. The van der Waals surface area contributed by atoms with E-state index in [4.69, 9.17) is 4.74 Å². The van der Waals surface area contributed by atoms with E-state index in [2.05, 4.69) is 10.3 Å². The van der Waals surface area contributed by atoms with Crippen molar-refractivity contribution in [3.8, 4) is 0 Å². The van der Waals surface area contributed by atoms with Crippen molar-refractivity contribution in [1.82, 2.24) is 9.55 Å². The van der Waals surface area contributed by atoms with Crippen LogP contribution in [-0.2, 0) is 16.1 Å². The quantitative estimate of drug-likeness (QED) is 0.647. The summed E-state index contributed by atoms with van der Waals surface area (Å²) in [5, 5.41) is 2.18. The van der Waals surface area contributed by atoms with Crippen molar-refractivity contribution in [2.75, 3.05) is 5.32 Å².